The molecule has 0 radical (unpaired) electrons. The molecule has 0 aliphatic carbocycles. The van der Waals surface area contributed by atoms with Gasteiger partial charge in [-0.05, 0) is 31.0 Å². The first-order valence-corrected chi connectivity index (χ1v) is 6.70. The Morgan fingerprint density at radius 3 is 2.85 bits per heavy atom. The zero-order chi connectivity index (χ0) is 14.7. The lowest BCUT2D eigenvalue weighted by molar-refractivity contribution is 0.0688. The van der Waals surface area contributed by atoms with E-state index in [1.165, 1.54) is 23.0 Å². The quantitative estimate of drug-likeness (QED) is 0.874. The number of carbonyl (C=O) groups is 1. The molecule has 20 heavy (non-hydrogen) atoms. The van der Waals surface area contributed by atoms with Gasteiger partial charge in [0, 0.05) is 22.8 Å². The van der Waals surface area contributed by atoms with Gasteiger partial charge in [0.2, 0.25) is 0 Å². The highest BCUT2D eigenvalue weighted by atomic mass is 79.9. The lowest BCUT2D eigenvalue weighted by Crippen LogP contribution is -2.04. The summed E-state index contributed by atoms with van der Waals surface area (Å²) in [4.78, 5) is 11.1. The van der Waals surface area contributed by atoms with Gasteiger partial charge in [-0.15, -0.1) is 0 Å². The smallest absolute Gasteiger partial charge is 0.356 e. The van der Waals surface area contributed by atoms with E-state index in [9.17, 15) is 9.18 Å². The predicted molar refractivity (Wildman–Crippen MR) is 73.6 cm³/mol. The highest BCUT2D eigenvalue weighted by Crippen LogP contribution is 2.21. The van der Waals surface area contributed by atoms with Crippen LogP contribution in [-0.4, -0.2) is 32.6 Å². The summed E-state index contributed by atoms with van der Waals surface area (Å²) in [5, 5.41) is 21.8. The Morgan fingerprint density at radius 1 is 1.45 bits per heavy atom. The third-order valence-corrected chi connectivity index (χ3v) is 3.25. The summed E-state index contributed by atoms with van der Waals surface area (Å²) >= 11 is 3.23. The highest BCUT2D eigenvalue weighted by Gasteiger charge is 2.17. The molecular formula is C13H12BrFN2O3. The lowest BCUT2D eigenvalue weighted by Gasteiger charge is -2.03. The van der Waals surface area contributed by atoms with Crippen LogP contribution in [0, 0.1) is 5.82 Å². The number of aryl methyl sites for hydroxylation is 1. The first-order chi connectivity index (χ1) is 9.52. The van der Waals surface area contributed by atoms with Crippen molar-refractivity contribution in [3.63, 3.8) is 0 Å². The average Bonchev–Trinajstić information content (AvgIpc) is 2.83. The Hall–Kier alpha value is -1.73. The summed E-state index contributed by atoms with van der Waals surface area (Å²) < 4.78 is 15.6. The van der Waals surface area contributed by atoms with E-state index >= 15 is 0 Å². The van der Waals surface area contributed by atoms with Crippen LogP contribution in [-0.2, 0) is 6.42 Å². The molecule has 1 heterocycles. The molecular weight excluding hydrogens is 331 g/mol. The largest absolute Gasteiger partial charge is 0.476 e. The van der Waals surface area contributed by atoms with E-state index in [0.717, 1.165) is 0 Å². The van der Waals surface area contributed by atoms with E-state index in [1.54, 1.807) is 6.07 Å². The molecule has 0 amide bonds. The second kappa shape index (κ2) is 6.15. The molecule has 0 aliphatic heterocycles. The molecule has 2 N–H and O–H groups in total. The van der Waals surface area contributed by atoms with Gasteiger partial charge in [-0.25, -0.2) is 13.9 Å². The van der Waals surface area contributed by atoms with E-state index in [0.29, 0.717) is 22.9 Å². The fourth-order valence-electron chi connectivity index (χ4n) is 1.83. The molecule has 0 unspecified atom stereocenters. The molecule has 1 aromatic carbocycles. The van der Waals surface area contributed by atoms with Gasteiger partial charge < -0.3 is 10.2 Å². The molecule has 0 atom stereocenters. The van der Waals surface area contributed by atoms with Gasteiger partial charge in [-0.3, -0.25) is 0 Å². The number of nitrogens with zero attached hydrogens (tertiary/aromatic N) is 2. The molecule has 0 fully saturated rings. The van der Waals surface area contributed by atoms with Crippen LogP contribution < -0.4 is 0 Å². The van der Waals surface area contributed by atoms with Crippen LogP contribution in [0.15, 0.2) is 28.9 Å². The number of halogens is 2. The van der Waals surface area contributed by atoms with E-state index in [4.69, 9.17) is 10.2 Å². The molecule has 0 aliphatic rings. The minimum Gasteiger partial charge on any atom is -0.476 e. The van der Waals surface area contributed by atoms with Crippen molar-refractivity contribution in [2.45, 2.75) is 12.8 Å². The second-order valence-corrected chi connectivity index (χ2v) is 5.09. The van der Waals surface area contributed by atoms with Crippen molar-refractivity contribution in [2.75, 3.05) is 6.61 Å². The number of aromatic carboxylic acids is 1. The molecule has 2 aromatic rings. The third kappa shape index (κ3) is 3.05. The fraction of sp³-hybridized carbons (Fsp3) is 0.231. The van der Waals surface area contributed by atoms with Gasteiger partial charge in [0.05, 0.1) is 0 Å². The van der Waals surface area contributed by atoms with Gasteiger partial charge in [-0.2, -0.15) is 5.10 Å². The van der Waals surface area contributed by atoms with Crippen molar-refractivity contribution in [3.05, 3.63) is 45.9 Å². The Morgan fingerprint density at radius 2 is 2.20 bits per heavy atom. The molecule has 0 saturated carbocycles. The van der Waals surface area contributed by atoms with Crippen LogP contribution >= 0.6 is 15.9 Å². The number of benzene rings is 1. The molecule has 0 spiro atoms. The number of aliphatic hydroxyl groups excluding tert-OH is 1. The number of rotatable bonds is 5. The summed E-state index contributed by atoms with van der Waals surface area (Å²) in [6, 6.07) is 4.34. The molecule has 2 rings (SSSR count). The average molecular weight is 343 g/mol. The maximum absolute atomic E-state index is 13.8. The Labute approximate surface area is 122 Å². The summed E-state index contributed by atoms with van der Waals surface area (Å²) in [7, 11) is 0. The van der Waals surface area contributed by atoms with Crippen LogP contribution in [0.5, 0.6) is 0 Å². The molecule has 1 aromatic heterocycles. The summed E-state index contributed by atoms with van der Waals surface area (Å²) in [6.07, 6.45) is 2.27. The molecule has 7 heteroatoms. The number of carboxylic acids is 1. The number of aromatic nitrogens is 2. The monoisotopic (exact) mass is 342 g/mol. The van der Waals surface area contributed by atoms with Crippen molar-refractivity contribution in [2.24, 2.45) is 0 Å². The second-order valence-electron chi connectivity index (χ2n) is 4.18. The first-order valence-electron chi connectivity index (χ1n) is 5.91. The minimum absolute atomic E-state index is 0.0461. The van der Waals surface area contributed by atoms with E-state index < -0.39 is 11.8 Å². The van der Waals surface area contributed by atoms with E-state index in [2.05, 4.69) is 21.0 Å². The zero-order valence-electron chi connectivity index (χ0n) is 10.4. The Kier molecular flexibility index (Phi) is 4.51. The highest BCUT2D eigenvalue weighted by molar-refractivity contribution is 9.10. The van der Waals surface area contributed by atoms with Gasteiger partial charge in [0.15, 0.2) is 5.69 Å². The maximum Gasteiger partial charge on any atom is 0.356 e. The van der Waals surface area contributed by atoms with Crippen LogP contribution in [0.4, 0.5) is 4.39 Å². The zero-order valence-corrected chi connectivity index (χ0v) is 12.0. The first kappa shape index (κ1) is 14.7. The molecule has 106 valence electrons. The van der Waals surface area contributed by atoms with Gasteiger partial charge in [-0.1, -0.05) is 15.9 Å². The number of carboxylic acid groups (broad SMARTS) is 1. The number of aliphatic hydroxyl groups is 1. The van der Waals surface area contributed by atoms with Gasteiger partial charge >= 0.3 is 5.97 Å². The van der Waals surface area contributed by atoms with Crippen molar-refractivity contribution >= 4 is 21.9 Å². The van der Waals surface area contributed by atoms with Gasteiger partial charge in [0.1, 0.15) is 11.5 Å². The normalized spacial score (nSPS) is 10.8. The van der Waals surface area contributed by atoms with Crippen LogP contribution in [0.2, 0.25) is 0 Å². The molecule has 0 bridgehead atoms. The van der Waals surface area contributed by atoms with Crippen molar-refractivity contribution in [1.82, 2.24) is 9.78 Å². The summed E-state index contributed by atoms with van der Waals surface area (Å²) in [6.45, 7) is -0.0461. The summed E-state index contributed by atoms with van der Waals surface area (Å²) in [5.74, 6) is -1.67. The van der Waals surface area contributed by atoms with Crippen LogP contribution in [0.3, 0.4) is 0 Å². The topological polar surface area (TPSA) is 75.3 Å². The van der Waals surface area contributed by atoms with Crippen LogP contribution in [0.25, 0.3) is 5.69 Å². The van der Waals surface area contributed by atoms with Crippen molar-refractivity contribution < 1.29 is 19.4 Å². The van der Waals surface area contributed by atoms with Crippen molar-refractivity contribution in [1.29, 1.82) is 0 Å². The standard InChI is InChI=1S/C13H12BrFN2O3/c14-9-3-4-10(15)11(6-9)17-7-8(2-1-5-18)12(16-17)13(19)20/h3-4,6-7,18H,1-2,5H2,(H,19,20). The Balaban J connectivity index is 2.47. The minimum atomic E-state index is -1.17. The third-order valence-electron chi connectivity index (χ3n) is 2.75. The SMILES string of the molecule is O=C(O)c1nn(-c2cc(Br)ccc2F)cc1CCCO. The van der Waals surface area contributed by atoms with Gasteiger partial charge in [0.25, 0.3) is 0 Å². The van der Waals surface area contributed by atoms with E-state index in [-0.39, 0.29) is 18.0 Å². The van der Waals surface area contributed by atoms with Crippen LogP contribution in [0.1, 0.15) is 22.5 Å². The number of hydrogen-bond donors (Lipinski definition) is 2. The summed E-state index contributed by atoms with van der Waals surface area (Å²) in [5.41, 5.74) is 0.501. The maximum atomic E-state index is 13.8. The van der Waals surface area contributed by atoms with Crippen molar-refractivity contribution in [3.8, 4) is 5.69 Å². The Bertz CT molecular complexity index is 643. The fourth-order valence-corrected chi connectivity index (χ4v) is 2.18. The number of hydrogen-bond acceptors (Lipinski definition) is 3. The lowest BCUT2D eigenvalue weighted by atomic mass is 10.1. The van der Waals surface area contributed by atoms with E-state index in [1.807, 2.05) is 0 Å². The molecule has 0 saturated heterocycles. The molecule has 5 nitrogen and oxygen atoms in total. The predicted octanol–water partition coefficient (Wildman–Crippen LogP) is 2.40.